The molecule has 96 valence electrons. The molecule has 3 heteroatoms. The Morgan fingerprint density at radius 2 is 2.22 bits per heavy atom. The van der Waals surface area contributed by atoms with Crippen LogP contribution in [-0.4, -0.2) is 17.5 Å². The molecule has 1 unspecified atom stereocenters. The summed E-state index contributed by atoms with van der Waals surface area (Å²) in [5, 5.41) is 8.87. The van der Waals surface area contributed by atoms with Crippen molar-refractivity contribution in [1.82, 2.24) is 4.90 Å². The maximum absolute atomic E-state index is 13.8. The van der Waals surface area contributed by atoms with Crippen LogP contribution in [-0.2, 0) is 6.54 Å². The van der Waals surface area contributed by atoms with Crippen molar-refractivity contribution in [1.29, 1.82) is 5.26 Å². The van der Waals surface area contributed by atoms with Crippen LogP contribution in [0.3, 0.4) is 0 Å². The Morgan fingerprint density at radius 3 is 3.00 bits per heavy atom. The number of likely N-dealkylation sites (tertiary alicyclic amines) is 1. The average molecular weight is 246 g/mol. The second-order valence-corrected chi connectivity index (χ2v) is 5.09. The number of rotatable bonds is 2. The molecule has 0 saturated carbocycles. The molecule has 0 spiro atoms. The van der Waals surface area contributed by atoms with E-state index < -0.39 is 0 Å². The number of hydrogen-bond acceptors (Lipinski definition) is 2. The van der Waals surface area contributed by atoms with Crippen LogP contribution in [0, 0.1) is 17.1 Å². The fourth-order valence-electron chi connectivity index (χ4n) is 2.55. The molecule has 1 aromatic rings. The highest BCUT2D eigenvalue weighted by Gasteiger charge is 2.18. The van der Waals surface area contributed by atoms with Gasteiger partial charge in [-0.1, -0.05) is 12.8 Å². The predicted molar refractivity (Wildman–Crippen MR) is 69.5 cm³/mol. The van der Waals surface area contributed by atoms with E-state index in [1.165, 1.54) is 37.8 Å². The minimum absolute atomic E-state index is 0.203. The summed E-state index contributed by atoms with van der Waals surface area (Å²) in [4.78, 5) is 2.33. The van der Waals surface area contributed by atoms with Crippen molar-refractivity contribution >= 4 is 0 Å². The lowest BCUT2D eigenvalue weighted by Crippen LogP contribution is -2.32. The number of nitriles is 1. The lowest BCUT2D eigenvalue weighted by Gasteiger charge is -2.27. The van der Waals surface area contributed by atoms with Gasteiger partial charge < -0.3 is 0 Å². The lowest BCUT2D eigenvalue weighted by atomic mass is 10.1. The van der Waals surface area contributed by atoms with Crippen molar-refractivity contribution in [3.63, 3.8) is 0 Å². The second-order valence-electron chi connectivity index (χ2n) is 5.09. The van der Waals surface area contributed by atoms with Crippen LogP contribution in [0.4, 0.5) is 4.39 Å². The fraction of sp³-hybridized carbons (Fsp3) is 0.533. The first kappa shape index (κ1) is 13.0. The molecule has 0 N–H and O–H groups in total. The van der Waals surface area contributed by atoms with E-state index in [9.17, 15) is 4.39 Å². The Balaban J connectivity index is 2.14. The van der Waals surface area contributed by atoms with Crippen molar-refractivity contribution in [3.05, 3.63) is 35.1 Å². The molecular weight excluding hydrogens is 227 g/mol. The van der Waals surface area contributed by atoms with Gasteiger partial charge in [-0.2, -0.15) is 5.26 Å². The SMILES string of the molecule is CC1CCCCCN1Cc1cc(C#N)ccc1F. The van der Waals surface area contributed by atoms with Gasteiger partial charge in [0, 0.05) is 18.2 Å². The standard InChI is InChI=1S/C15H19FN2/c1-12-5-3-2-4-8-18(12)11-14-9-13(10-17)6-7-15(14)16/h6-7,9,12H,2-5,8,11H2,1H3. The van der Waals surface area contributed by atoms with Gasteiger partial charge in [0.1, 0.15) is 5.82 Å². The smallest absolute Gasteiger partial charge is 0.127 e. The molecule has 0 amide bonds. The van der Waals surface area contributed by atoms with Gasteiger partial charge in [0.05, 0.1) is 11.6 Å². The lowest BCUT2D eigenvalue weighted by molar-refractivity contribution is 0.202. The van der Waals surface area contributed by atoms with E-state index in [0.29, 0.717) is 23.7 Å². The molecule has 1 heterocycles. The summed E-state index contributed by atoms with van der Waals surface area (Å²) in [6.45, 7) is 3.84. The summed E-state index contributed by atoms with van der Waals surface area (Å²) in [7, 11) is 0. The first-order valence-electron chi connectivity index (χ1n) is 6.63. The van der Waals surface area contributed by atoms with Gasteiger partial charge in [0.15, 0.2) is 0 Å². The van der Waals surface area contributed by atoms with Crippen LogP contribution in [0.15, 0.2) is 18.2 Å². The largest absolute Gasteiger partial charge is 0.296 e. The van der Waals surface area contributed by atoms with Gasteiger partial charge in [-0.05, 0) is 44.5 Å². The molecule has 0 bridgehead atoms. The molecule has 1 aliphatic rings. The fourth-order valence-corrected chi connectivity index (χ4v) is 2.55. The quantitative estimate of drug-likeness (QED) is 0.799. The number of nitrogens with zero attached hydrogens (tertiary/aromatic N) is 2. The van der Waals surface area contributed by atoms with Gasteiger partial charge in [0.2, 0.25) is 0 Å². The highest BCUT2D eigenvalue weighted by Crippen LogP contribution is 2.20. The van der Waals surface area contributed by atoms with E-state index in [1.807, 2.05) is 0 Å². The molecule has 2 nitrogen and oxygen atoms in total. The maximum atomic E-state index is 13.8. The Hall–Kier alpha value is -1.40. The van der Waals surface area contributed by atoms with Crippen LogP contribution in [0.25, 0.3) is 0 Å². The third kappa shape index (κ3) is 3.08. The topological polar surface area (TPSA) is 27.0 Å². The predicted octanol–water partition coefficient (Wildman–Crippen LogP) is 3.46. The highest BCUT2D eigenvalue weighted by atomic mass is 19.1. The zero-order valence-electron chi connectivity index (χ0n) is 10.8. The summed E-state index contributed by atoms with van der Waals surface area (Å²) in [5.74, 6) is -0.203. The highest BCUT2D eigenvalue weighted by molar-refractivity contribution is 5.33. The second kappa shape index (κ2) is 5.97. The number of hydrogen-bond donors (Lipinski definition) is 0. The third-order valence-corrected chi connectivity index (χ3v) is 3.74. The summed E-state index contributed by atoms with van der Waals surface area (Å²) < 4.78 is 13.8. The van der Waals surface area contributed by atoms with E-state index in [4.69, 9.17) is 5.26 Å². The normalized spacial score (nSPS) is 21.3. The van der Waals surface area contributed by atoms with Crippen LogP contribution in [0.2, 0.25) is 0 Å². The summed E-state index contributed by atoms with van der Waals surface area (Å²) in [6.07, 6.45) is 4.89. The molecular formula is C15H19FN2. The molecule has 0 aromatic heterocycles. The molecule has 1 atom stereocenters. The van der Waals surface area contributed by atoms with Crippen LogP contribution in [0.5, 0.6) is 0 Å². The molecule has 2 rings (SSSR count). The third-order valence-electron chi connectivity index (χ3n) is 3.74. The molecule has 1 fully saturated rings. The first-order chi connectivity index (χ1) is 8.70. The Labute approximate surface area is 108 Å². The van der Waals surface area contributed by atoms with Crippen molar-refractivity contribution in [2.45, 2.75) is 45.2 Å². The average Bonchev–Trinajstić information content (AvgIpc) is 2.58. The van der Waals surface area contributed by atoms with Crippen LogP contribution >= 0.6 is 0 Å². The zero-order chi connectivity index (χ0) is 13.0. The summed E-state index contributed by atoms with van der Waals surface area (Å²) in [6, 6.07) is 7.17. The summed E-state index contributed by atoms with van der Waals surface area (Å²) >= 11 is 0. The van der Waals surface area contributed by atoms with Gasteiger partial charge in [0.25, 0.3) is 0 Å². The monoisotopic (exact) mass is 246 g/mol. The van der Waals surface area contributed by atoms with Crippen LogP contribution in [0.1, 0.15) is 43.7 Å². The molecule has 1 aromatic carbocycles. The van der Waals surface area contributed by atoms with E-state index in [2.05, 4.69) is 17.9 Å². The zero-order valence-corrected chi connectivity index (χ0v) is 10.8. The van der Waals surface area contributed by atoms with Crippen LogP contribution < -0.4 is 0 Å². The van der Waals surface area contributed by atoms with Crippen molar-refractivity contribution < 1.29 is 4.39 Å². The van der Waals surface area contributed by atoms with Gasteiger partial charge >= 0.3 is 0 Å². The first-order valence-corrected chi connectivity index (χ1v) is 6.63. The van der Waals surface area contributed by atoms with E-state index in [0.717, 1.165) is 6.54 Å². The van der Waals surface area contributed by atoms with Crippen molar-refractivity contribution in [2.75, 3.05) is 6.54 Å². The Morgan fingerprint density at radius 1 is 1.39 bits per heavy atom. The molecule has 0 radical (unpaired) electrons. The van der Waals surface area contributed by atoms with Gasteiger partial charge in [-0.15, -0.1) is 0 Å². The number of benzene rings is 1. The van der Waals surface area contributed by atoms with Crippen molar-refractivity contribution in [2.24, 2.45) is 0 Å². The molecule has 1 saturated heterocycles. The Bertz CT molecular complexity index is 450. The van der Waals surface area contributed by atoms with E-state index >= 15 is 0 Å². The van der Waals surface area contributed by atoms with Gasteiger partial charge in [-0.25, -0.2) is 4.39 Å². The minimum atomic E-state index is -0.203. The Kier molecular flexibility index (Phi) is 4.33. The van der Waals surface area contributed by atoms with E-state index in [1.54, 1.807) is 6.07 Å². The summed E-state index contributed by atoms with van der Waals surface area (Å²) in [5.41, 5.74) is 1.18. The van der Waals surface area contributed by atoms with Gasteiger partial charge in [-0.3, -0.25) is 4.90 Å². The number of halogens is 1. The molecule has 18 heavy (non-hydrogen) atoms. The molecule has 1 aliphatic heterocycles. The molecule has 0 aliphatic carbocycles. The van der Waals surface area contributed by atoms with E-state index in [-0.39, 0.29) is 5.82 Å². The van der Waals surface area contributed by atoms with Crippen molar-refractivity contribution in [3.8, 4) is 6.07 Å². The maximum Gasteiger partial charge on any atom is 0.127 e. The minimum Gasteiger partial charge on any atom is -0.296 e.